The highest BCUT2D eigenvalue weighted by Gasteiger charge is 2.22. The van der Waals surface area contributed by atoms with Crippen molar-refractivity contribution in [1.29, 1.82) is 0 Å². The number of hydrogen-bond donors (Lipinski definition) is 3. The van der Waals surface area contributed by atoms with Gasteiger partial charge in [0.15, 0.2) is 0 Å². The van der Waals surface area contributed by atoms with Crippen LogP contribution in [0.3, 0.4) is 0 Å². The predicted octanol–water partition coefficient (Wildman–Crippen LogP) is 0.426. The van der Waals surface area contributed by atoms with Gasteiger partial charge in [0, 0.05) is 19.3 Å². The Hall–Kier alpha value is -2.26. The summed E-state index contributed by atoms with van der Waals surface area (Å²) in [5, 5.41) is 11.1. The van der Waals surface area contributed by atoms with Crippen molar-refractivity contribution in [3.8, 4) is 0 Å². The van der Waals surface area contributed by atoms with Gasteiger partial charge in [0.2, 0.25) is 5.91 Å². The Morgan fingerprint density at radius 2 is 1.71 bits per heavy atom. The normalized spacial score (nSPS) is 12.4. The number of amides is 1. The van der Waals surface area contributed by atoms with E-state index in [1.165, 1.54) is 0 Å². The molecule has 0 saturated heterocycles. The SMILES string of the molecule is O=C(CCC(=O)N[C@@H](CCS(=O)(=O)O)C(=O)O)Cc1ccccc1. The van der Waals surface area contributed by atoms with Crippen LogP contribution in [0.25, 0.3) is 0 Å². The van der Waals surface area contributed by atoms with Gasteiger partial charge in [0.25, 0.3) is 10.1 Å². The van der Waals surface area contributed by atoms with Crippen molar-refractivity contribution in [1.82, 2.24) is 5.32 Å². The van der Waals surface area contributed by atoms with Crippen LogP contribution in [0.2, 0.25) is 0 Å². The van der Waals surface area contributed by atoms with Gasteiger partial charge in [-0.25, -0.2) is 4.79 Å². The molecule has 0 bridgehead atoms. The smallest absolute Gasteiger partial charge is 0.326 e. The third kappa shape index (κ3) is 8.39. The third-order valence-corrected chi connectivity index (χ3v) is 3.92. The minimum atomic E-state index is -4.32. The van der Waals surface area contributed by atoms with E-state index in [2.05, 4.69) is 5.32 Å². The number of aliphatic carboxylic acids is 1. The lowest BCUT2D eigenvalue weighted by molar-refractivity contribution is -0.141. The maximum atomic E-state index is 11.8. The van der Waals surface area contributed by atoms with Crippen LogP contribution in [-0.2, 0) is 30.9 Å². The predicted molar refractivity (Wildman–Crippen MR) is 85.0 cm³/mol. The summed E-state index contributed by atoms with van der Waals surface area (Å²) in [5.41, 5.74) is 0.819. The second-order valence-electron chi connectivity index (χ2n) is 5.23. The van der Waals surface area contributed by atoms with E-state index in [0.29, 0.717) is 0 Å². The van der Waals surface area contributed by atoms with E-state index >= 15 is 0 Å². The zero-order valence-electron chi connectivity index (χ0n) is 12.8. The molecular formula is C15H19NO7S. The fraction of sp³-hybridized carbons (Fsp3) is 0.400. The summed E-state index contributed by atoms with van der Waals surface area (Å²) in [4.78, 5) is 34.5. The first-order valence-corrected chi connectivity index (χ1v) is 8.81. The molecule has 8 nitrogen and oxygen atoms in total. The lowest BCUT2D eigenvalue weighted by atomic mass is 10.1. The van der Waals surface area contributed by atoms with E-state index in [1.54, 1.807) is 24.3 Å². The average Bonchev–Trinajstić information content (AvgIpc) is 2.49. The monoisotopic (exact) mass is 357 g/mol. The van der Waals surface area contributed by atoms with Crippen LogP contribution in [0.15, 0.2) is 30.3 Å². The number of carbonyl (C=O) groups excluding carboxylic acids is 2. The van der Waals surface area contributed by atoms with E-state index in [0.717, 1.165) is 5.56 Å². The van der Waals surface area contributed by atoms with Gasteiger partial charge in [-0.15, -0.1) is 0 Å². The summed E-state index contributed by atoms with van der Waals surface area (Å²) >= 11 is 0. The molecule has 0 saturated carbocycles. The first kappa shape index (κ1) is 19.8. The van der Waals surface area contributed by atoms with Crippen LogP contribution < -0.4 is 5.32 Å². The van der Waals surface area contributed by atoms with Crippen LogP contribution in [0, 0.1) is 0 Å². The van der Waals surface area contributed by atoms with Gasteiger partial charge in [0.05, 0.1) is 5.75 Å². The number of carbonyl (C=O) groups is 3. The zero-order valence-corrected chi connectivity index (χ0v) is 13.7. The highest BCUT2D eigenvalue weighted by molar-refractivity contribution is 7.85. The largest absolute Gasteiger partial charge is 0.480 e. The summed E-state index contributed by atoms with van der Waals surface area (Å²) in [7, 11) is -4.32. The molecule has 132 valence electrons. The third-order valence-electron chi connectivity index (χ3n) is 3.17. The summed E-state index contributed by atoms with van der Waals surface area (Å²) in [6.45, 7) is 0. The van der Waals surface area contributed by atoms with Crippen molar-refractivity contribution in [2.45, 2.75) is 31.7 Å². The first-order chi connectivity index (χ1) is 11.2. The molecule has 0 unspecified atom stereocenters. The summed E-state index contributed by atoms with van der Waals surface area (Å²) in [5.74, 6) is -3.03. The van der Waals surface area contributed by atoms with Crippen molar-refractivity contribution in [3.63, 3.8) is 0 Å². The van der Waals surface area contributed by atoms with E-state index < -0.39 is 40.2 Å². The van der Waals surface area contributed by atoms with Gasteiger partial charge in [-0.2, -0.15) is 8.42 Å². The molecule has 1 amide bonds. The van der Waals surface area contributed by atoms with Crippen LogP contribution in [-0.4, -0.2) is 47.5 Å². The molecule has 0 spiro atoms. The number of hydrogen-bond acceptors (Lipinski definition) is 5. The Morgan fingerprint density at radius 3 is 2.25 bits per heavy atom. The average molecular weight is 357 g/mol. The minimum Gasteiger partial charge on any atom is -0.480 e. The number of benzene rings is 1. The number of carboxylic acid groups (broad SMARTS) is 1. The molecule has 1 rings (SSSR count). The molecule has 0 aliphatic rings. The van der Waals surface area contributed by atoms with Crippen LogP contribution in [0.5, 0.6) is 0 Å². The second-order valence-corrected chi connectivity index (χ2v) is 6.81. The molecule has 0 heterocycles. The van der Waals surface area contributed by atoms with Crippen molar-refractivity contribution >= 4 is 27.8 Å². The Morgan fingerprint density at radius 1 is 1.08 bits per heavy atom. The highest BCUT2D eigenvalue weighted by atomic mass is 32.2. The fourth-order valence-electron chi connectivity index (χ4n) is 1.96. The topological polar surface area (TPSA) is 138 Å². The van der Waals surface area contributed by atoms with E-state index in [9.17, 15) is 22.8 Å². The molecule has 1 aromatic carbocycles. The van der Waals surface area contributed by atoms with Crippen molar-refractivity contribution in [2.75, 3.05) is 5.75 Å². The Labute approximate surface area is 139 Å². The lowest BCUT2D eigenvalue weighted by Gasteiger charge is -2.13. The maximum Gasteiger partial charge on any atom is 0.326 e. The van der Waals surface area contributed by atoms with Crippen molar-refractivity contribution in [3.05, 3.63) is 35.9 Å². The molecule has 0 aliphatic carbocycles. The van der Waals surface area contributed by atoms with E-state index in [4.69, 9.17) is 9.66 Å². The van der Waals surface area contributed by atoms with Crippen molar-refractivity contribution < 1.29 is 32.5 Å². The molecule has 1 aromatic rings. The number of nitrogens with one attached hydrogen (secondary N) is 1. The van der Waals surface area contributed by atoms with Gasteiger partial charge >= 0.3 is 5.97 Å². The molecule has 9 heteroatoms. The van der Waals surface area contributed by atoms with Gasteiger partial charge in [-0.05, 0) is 12.0 Å². The summed E-state index contributed by atoms with van der Waals surface area (Å²) in [6.07, 6.45) is -0.524. The van der Waals surface area contributed by atoms with Gasteiger partial charge in [-0.1, -0.05) is 30.3 Å². The molecule has 24 heavy (non-hydrogen) atoms. The zero-order chi connectivity index (χ0) is 18.2. The van der Waals surface area contributed by atoms with Crippen LogP contribution >= 0.6 is 0 Å². The highest BCUT2D eigenvalue weighted by Crippen LogP contribution is 2.04. The van der Waals surface area contributed by atoms with Gasteiger partial charge < -0.3 is 10.4 Å². The lowest BCUT2D eigenvalue weighted by Crippen LogP contribution is -2.42. The Balaban J connectivity index is 2.42. The molecule has 3 N–H and O–H groups in total. The molecule has 1 atom stereocenters. The fourth-order valence-corrected chi connectivity index (χ4v) is 2.49. The van der Waals surface area contributed by atoms with E-state index in [-0.39, 0.29) is 25.0 Å². The quantitative estimate of drug-likeness (QED) is 0.516. The van der Waals surface area contributed by atoms with Crippen molar-refractivity contribution in [2.24, 2.45) is 0 Å². The molecule has 0 radical (unpaired) electrons. The molecular weight excluding hydrogens is 338 g/mol. The van der Waals surface area contributed by atoms with Gasteiger partial charge in [-0.3, -0.25) is 14.1 Å². The first-order valence-electron chi connectivity index (χ1n) is 7.20. The molecule has 0 aromatic heterocycles. The van der Waals surface area contributed by atoms with Crippen LogP contribution in [0.4, 0.5) is 0 Å². The van der Waals surface area contributed by atoms with Crippen LogP contribution in [0.1, 0.15) is 24.8 Å². The number of rotatable bonds is 10. The van der Waals surface area contributed by atoms with Gasteiger partial charge in [0.1, 0.15) is 11.8 Å². The second kappa shape index (κ2) is 9.14. The Bertz CT molecular complexity index is 685. The Kier molecular flexibility index (Phi) is 7.53. The number of carboxylic acids is 1. The molecule has 0 fully saturated rings. The summed E-state index contributed by atoms with van der Waals surface area (Å²) < 4.78 is 29.9. The molecule has 0 aliphatic heterocycles. The number of ketones is 1. The van der Waals surface area contributed by atoms with E-state index in [1.807, 2.05) is 6.07 Å². The minimum absolute atomic E-state index is 0.0502. The standard InChI is InChI=1S/C15H19NO7S/c17-12(10-11-4-2-1-3-5-11)6-7-14(18)16-13(15(19)20)8-9-24(21,22)23/h1-5,13H,6-10H2,(H,16,18)(H,19,20)(H,21,22,23)/t13-/m0/s1. The summed E-state index contributed by atoms with van der Waals surface area (Å²) in [6, 6.07) is 7.54. The maximum absolute atomic E-state index is 11.8. The number of Topliss-reactive ketones (excluding diaryl/α,β-unsaturated/α-hetero) is 1.